The topological polar surface area (TPSA) is 118 Å². The van der Waals surface area contributed by atoms with Crippen molar-refractivity contribution in [3.8, 4) is 17.5 Å². The molecule has 0 bridgehead atoms. The number of halogens is 1. The number of H-pyrrole nitrogens is 2. The second kappa shape index (κ2) is 8.53. The summed E-state index contributed by atoms with van der Waals surface area (Å²) >= 11 is 3.43. The van der Waals surface area contributed by atoms with Gasteiger partial charge in [-0.2, -0.15) is 5.26 Å². The predicted octanol–water partition coefficient (Wildman–Crippen LogP) is 3.57. The molecule has 0 spiro atoms. The van der Waals surface area contributed by atoms with Crippen molar-refractivity contribution < 1.29 is 5.11 Å². The number of aromatic amines is 2. The van der Waals surface area contributed by atoms with Crippen molar-refractivity contribution in [2.75, 3.05) is 11.9 Å². The summed E-state index contributed by atoms with van der Waals surface area (Å²) in [6.45, 7) is -0.0989. The van der Waals surface area contributed by atoms with E-state index in [0.717, 1.165) is 5.56 Å². The molecule has 2 aromatic carbocycles. The molecular formula is C22H18BrN5O2. The van der Waals surface area contributed by atoms with Crippen LogP contribution in [0.5, 0.6) is 0 Å². The van der Waals surface area contributed by atoms with Gasteiger partial charge in [0.15, 0.2) is 0 Å². The zero-order chi connectivity index (χ0) is 21.1. The Balaban J connectivity index is 1.73. The first-order valence-electron chi connectivity index (χ1n) is 9.31. The van der Waals surface area contributed by atoms with Crippen LogP contribution < -0.4 is 10.9 Å². The molecule has 1 unspecified atom stereocenters. The lowest BCUT2D eigenvalue weighted by Gasteiger charge is -2.19. The molecular weight excluding hydrogens is 446 g/mol. The number of hydrogen-bond acceptors (Lipinski definition) is 5. The largest absolute Gasteiger partial charge is 0.394 e. The first-order valence-corrected chi connectivity index (χ1v) is 10.1. The fourth-order valence-electron chi connectivity index (χ4n) is 3.37. The monoisotopic (exact) mass is 463 g/mol. The highest BCUT2D eigenvalue weighted by atomic mass is 79.9. The zero-order valence-corrected chi connectivity index (χ0v) is 17.4. The van der Waals surface area contributed by atoms with Crippen LogP contribution in [0.2, 0.25) is 0 Å². The minimum Gasteiger partial charge on any atom is -0.394 e. The number of imidazole rings is 1. The van der Waals surface area contributed by atoms with Crippen LogP contribution in [-0.4, -0.2) is 32.7 Å². The van der Waals surface area contributed by atoms with Crippen LogP contribution in [0.25, 0.3) is 22.4 Å². The molecule has 0 radical (unpaired) electrons. The zero-order valence-electron chi connectivity index (χ0n) is 15.8. The van der Waals surface area contributed by atoms with Gasteiger partial charge in [0.2, 0.25) is 0 Å². The van der Waals surface area contributed by atoms with Crippen LogP contribution in [0, 0.1) is 11.3 Å². The van der Waals surface area contributed by atoms with Crippen molar-refractivity contribution in [3.05, 3.63) is 80.7 Å². The fourth-order valence-corrected chi connectivity index (χ4v) is 3.92. The fraction of sp³-hybridized carbons (Fsp3) is 0.136. The molecule has 1 atom stereocenters. The van der Waals surface area contributed by atoms with Gasteiger partial charge in [-0.15, -0.1) is 0 Å². The van der Waals surface area contributed by atoms with Crippen LogP contribution in [-0.2, 0) is 6.42 Å². The van der Waals surface area contributed by atoms with Gasteiger partial charge >= 0.3 is 0 Å². The summed E-state index contributed by atoms with van der Waals surface area (Å²) in [5, 5.41) is 22.3. The Morgan fingerprint density at radius 1 is 1.23 bits per heavy atom. The number of pyridine rings is 1. The van der Waals surface area contributed by atoms with Gasteiger partial charge in [-0.3, -0.25) is 4.79 Å². The first-order chi connectivity index (χ1) is 14.6. The molecule has 4 rings (SSSR count). The van der Waals surface area contributed by atoms with E-state index in [9.17, 15) is 15.2 Å². The van der Waals surface area contributed by atoms with E-state index in [2.05, 4.69) is 42.3 Å². The lowest BCUT2D eigenvalue weighted by molar-refractivity contribution is 0.274. The Bertz CT molecular complexity index is 1290. The van der Waals surface area contributed by atoms with Gasteiger partial charge in [-0.1, -0.05) is 30.3 Å². The van der Waals surface area contributed by atoms with Crippen molar-refractivity contribution >= 4 is 32.7 Å². The first kappa shape index (κ1) is 19.9. The Labute approximate surface area is 180 Å². The Kier molecular flexibility index (Phi) is 5.65. The minimum atomic E-state index is -0.313. The van der Waals surface area contributed by atoms with Gasteiger partial charge in [-0.05, 0) is 46.1 Å². The predicted molar refractivity (Wildman–Crippen MR) is 119 cm³/mol. The summed E-state index contributed by atoms with van der Waals surface area (Å²) in [5.41, 5.74) is 3.41. The summed E-state index contributed by atoms with van der Waals surface area (Å²) in [5.74, 6) is 0.376. The highest BCUT2D eigenvalue weighted by Crippen LogP contribution is 2.29. The molecule has 8 heteroatoms. The number of nitrogens with one attached hydrogen (secondary N) is 3. The van der Waals surface area contributed by atoms with E-state index in [0.29, 0.717) is 44.6 Å². The maximum Gasteiger partial charge on any atom is 0.261 e. The van der Waals surface area contributed by atoms with Gasteiger partial charge in [-0.25, -0.2) is 4.98 Å². The van der Waals surface area contributed by atoms with Gasteiger partial charge in [0.25, 0.3) is 5.56 Å². The summed E-state index contributed by atoms with van der Waals surface area (Å²) in [4.78, 5) is 23.0. The lowest BCUT2D eigenvalue weighted by Crippen LogP contribution is -2.28. The Morgan fingerprint density at radius 2 is 2.03 bits per heavy atom. The van der Waals surface area contributed by atoms with E-state index in [1.165, 1.54) is 0 Å². The molecule has 0 aliphatic carbocycles. The number of nitriles is 1. The van der Waals surface area contributed by atoms with E-state index in [1.807, 2.05) is 30.3 Å². The number of fused-ring (bicyclic) bond motifs is 1. The second-order valence-corrected chi connectivity index (χ2v) is 7.71. The molecule has 0 fully saturated rings. The normalized spacial score (nSPS) is 11.9. The highest BCUT2D eigenvalue weighted by molar-refractivity contribution is 9.10. The lowest BCUT2D eigenvalue weighted by atomic mass is 10.1. The Hall–Kier alpha value is -3.41. The van der Waals surface area contributed by atoms with E-state index in [1.54, 1.807) is 24.4 Å². The van der Waals surface area contributed by atoms with Crippen molar-refractivity contribution in [2.24, 2.45) is 0 Å². The summed E-state index contributed by atoms with van der Waals surface area (Å²) in [7, 11) is 0. The molecule has 0 saturated heterocycles. The number of nitrogens with zero attached hydrogens (tertiary/aromatic N) is 2. The third kappa shape index (κ3) is 3.99. The van der Waals surface area contributed by atoms with Crippen LogP contribution in [0.4, 0.5) is 5.69 Å². The van der Waals surface area contributed by atoms with Gasteiger partial charge in [0.05, 0.1) is 35.5 Å². The number of aliphatic hydroxyl groups is 1. The highest BCUT2D eigenvalue weighted by Gasteiger charge is 2.18. The average molecular weight is 464 g/mol. The van der Waals surface area contributed by atoms with Gasteiger partial charge < -0.3 is 20.4 Å². The second-order valence-electron chi connectivity index (χ2n) is 6.86. The van der Waals surface area contributed by atoms with Crippen LogP contribution in [0.15, 0.2) is 64.0 Å². The quantitative estimate of drug-likeness (QED) is 0.348. The van der Waals surface area contributed by atoms with Crippen molar-refractivity contribution in [1.29, 1.82) is 5.26 Å². The SMILES string of the molecule is N#Cc1cc(Br)c2nc(-c3c(NC(CO)Cc4ccccc4)cc[nH]c3=O)[nH]c2c1. The third-order valence-corrected chi connectivity index (χ3v) is 5.38. The molecule has 0 saturated carbocycles. The number of anilines is 1. The smallest absolute Gasteiger partial charge is 0.261 e. The third-order valence-electron chi connectivity index (χ3n) is 4.77. The van der Waals surface area contributed by atoms with E-state index >= 15 is 0 Å². The maximum absolute atomic E-state index is 12.7. The standard InChI is InChI=1S/C22H18BrN5O2/c23-16-9-14(11-24)10-18-20(16)28-21(27-18)19-17(6-7-25-22(19)30)26-15(12-29)8-13-4-2-1-3-5-13/h1-7,9-10,15,29H,8,12H2,(H,27,28)(H2,25,26,30). The molecule has 4 N–H and O–H groups in total. The van der Waals surface area contributed by atoms with E-state index in [-0.39, 0.29) is 18.2 Å². The van der Waals surface area contributed by atoms with E-state index < -0.39 is 0 Å². The summed E-state index contributed by atoms with van der Waals surface area (Å²) < 4.78 is 0.665. The molecule has 0 amide bonds. The number of aromatic nitrogens is 3. The molecule has 30 heavy (non-hydrogen) atoms. The van der Waals surface area contributed by atoms with Gasteiger partial charge in [0.1, 0.15) is 16.9 Å². The molecule has 4 aromatic rings. The number of rotatable bonds is 6. The van der Waals surface area contributed by atoms with Crippen LogP contribution in [0.3, 0.4) is 0 Å². The van der Waals surface area contributed by atoms with Crippen LogP contribution in [0.1, 0.15) is 11.1 Å². The van der Waals surface area contributed by atoms with Crippen molar-refractivity contribution in [2.45, 2.75) is 12.5 Å². The number of aliphatic hydroxyl groups excluding tert-OH is 1. The molecule has 0 aliphatic heterocycles. The summed E-state index contributed by atoms with van der Waals surface area (Å²) in [6.07, 6.45) is 2.15. The van der Waals surface area contributed by atoms with Crippen molar-refractivity contribution in [1.82, 2.24) is 15.0 Å². The van der Waals surface area contributed by atoms with Crippen LogP contribution >= 0.6 is 15.9 Å². The molecule has 2 heterocycles. The molecule has 7 nitrogen and oxygen atoms in total. The maximum atomic E-state index is 12.7. The molecule has 0 aliphatic rings. The van der Waals surface area contributed by atoms with Gasteiger partial charge in [0, 0.05) is 10.7 Å². The molecule has 2 aromatic heterocycles. The average Bonchev–Trinajstić information content (AvgIpc) is 3.18. The number of hydrogen-bond donors (Lipinski definition) is 4. The molecule has 150 valence electrons. The minimum absolute atomic E-state index is 0.0989. The number of benzene rings is 2. The Morgan fingerprint density at radius 3 is 2.77 bits per heavy atom. The van der Waals surface area contributed by atoms with Crippen molar-refractivity contribution in [3.63, 3.8) is 0 Å². The van der Waals surface area contributed by atoms with E-state index in [4.69, 9.17) is 0 Å². The summed E-state index contributed by atoms with van der Waals surface area (Å²) in [6, 6.07) is 16.8.